The van der Waals surface area contributed by atoms with Gasteiger partial charge in [0.2, 0.25) is 0 Å². The van der Waals surface area contributed by atoms with E-state index in [1.54, 1.807) is 20.8 Å². The van der Waals surface area contributed by atoms with Gasteiger partial charge in [-0.15, -0.1) is 0 Å². The molecule has 7 heteroatoms. The van der Waals surface area contributed by atoms with Crippen LogP contribution < -0.4 is 5.32 Å². The number of H-pyrrole nitrogens is 1. The summed E-state index contributed by atoms with van der Waals surface area (Å²) in [6, 6.07) is 5.07. The van der Waals surface area contributed by atoms with Crippen LogP contribution in [0, 0.1) is 5.92 Å². The molecular weight excluding hydrogens is 346 g/mol. The molecule has 0 radical (unpaired) electrons. The van der Waals surface area contributed by atoms with Crippen LogP contribution in [0.1, 0.15) is 65.9 Å². The number of nitrogens with zero attached hydrogens (tertiary/aromatic N) is 1. The summed E-state index contributed by atoms with van der Waals surface area (Å²) in [5.41, 5.74) is 1.92. The summed E-state index contributed by atoms with van der Waals surface area (Å²) >= 11 is 0. The van der Waals surface area contributed by atoms with Crippen LogP contribution >= 0.6 is 0 Å². The van der Waals surface area contributed by atoms with Gasteiger partial charge in [0, 0.05) is 0 Å². The predicted molar refractivity (Wildman–Crippen MR) is 104 cm³/mol. The number of alkyl carbamates (subject to hydrolysis) is 1. The fourth-order valence-corrected chi connectivity index (χ4v) is 2.65. The Balaban J connectivity index is 2.40. The minimum atomic E-state index is -1.04. The van der Waals surface area contributed by atoms with Crippen molar-refractivity contribution in [1.29, 1.82) is 0 Å². The number of carboxylic acids is 1. The average molecular weight is 375 g/mol. The highest BCUT2D eigenvalue weighted by Crippen LogP contribution is 2.28. The van der Waals surface area contributed by atoms with E-state index in [1.807, 2.05) is 18.2 Å². The Morgan fingerprint density at radius 1 is 1.19 bits per heavy atom. The molecule has 27 heavy (non-hydrogen) atoms. The quantitative estimate of drug-likeness (QED) is 0.745. The van der Waals surface area contributed by atoms with Gasteiger partial charge in [-0.2, -0.15) is 0 Å². The van der Waals surface area contributed by atoms with Crippen LogP contribution in [0.2, 0.25) is 0 Å². The predicted octanol–water partition coefficient (Wildman–Crippen LogP) is 4.15. The van der Waals surface area contributed by atoms with E-state index >= 15 is 0 Å². The van der Waals surface area contributed by atoms with Crippen molar-refractivity contribution in [2.75, 3.05) is 0 Å². The van der Waals surface area contributed by atoms with E-state index in [1.165, 1.54) is 6.92 Å². The minimum absolute atomic E-state index is 0.0319. The van der Waals surface area contributed by atoms with Crippen molar-refractivity contribution in [2.45, 2.75) is 65.5 Å². The van der Waals surface area contributed by atoms with Crippen molar-refractivity contribution in [2.24, 2.45) is 5.92 Å². The molecule has 2 aromatic rings. The highest BCUT2D eigenvalue weighted by molar-refractivity contribution is 5.78. The minimum Gasteiger partial charge on any atom is -0.481 e. The van der Waals surface area contributed by atoms with E-state index in [4.69, 9.17) is 4.74 Å². The van der Waals surface area contributed by atoms with Crippen LogP contribution in [0.3, 0.4) is 0 Å². The molecule has 0 aliphatic carbocycles. The number of ether oxygens (including phenoxy) is 1. The summed E-state index contributed by atoms with van der Waals surface area (Å²) in [6.45, 7) is 13.1. The normalized spacial score (nSPS) is 14.6. The second-order valence-electron chi connectivity index (χ2n) is 8.85. The molecular formula is C20H29N3O4. The summed E-state index contributed by atoms with van der Waals surface area (Å²) in [6.07, 6.45) is -0.684. The molecule has 0 saturated carbocycles. The molecule has 0 aliphatic heterocycles. The van der Waals surface area contributed by atoms with Gasteiger partial charge in [-0.05, 0) is 50.8 Å². The third-order valence-corrected chi connectivity index (χ3v) is 4.22. The molecule has 0 aliphatic rings. The van der Waals surface area contributed by atoms with Gasteiger partial charge in [-0.1, -0.05) is 26.8 Å². The Kier molecular flexibility index (Phi) is 5.54. The Hall–Kier alpha value is -2.57. The molecule has 1 aromatic carbocycles. The van der Waals surface area contributed by atoms with Crippen LogP contribution in [-0.4, -0.2) is 32.7 Å². The standard InChI is InChI=1S/C20H29N3O4/c1-11(17(24)25)15(23-18(26)27-20(5,6)7)16-21-13-9-8-12(19(2,3)4)10-14(13)22-16/h8-11,15H,1-7H3,(H,21,22)(H,23,26)(H,24,25)/t11-,15+/m1/s1. The number of imidazole rings is 1. The van der Waals surface area contributed by atoms with Crippen molar-refractivity contribution >= 4 is 23.1 Å². The van der Waals surface area contributed by atoms with Gasteiger partial charge in [-0.25, -0.2) is 9.78 Å². The molecule has 0 unspecified atom stereocenters. The van der Waals surface area contributed by atoms with Gasteiger partial charge < -0.3 is 20.1 Å². The fourth-order valence-electron chi connectivity index (χ4n) is 2.65. The number of carboxylic acid groups (broad SMARTS) is 1. The Morgan fingerprint density at radius 2 is 1.81 bits per heavy atom. The van der Waals surface area contributed by atoms with Crippen LogP contribution in [0.4, 0.5) is 4.79 Å². The maximum Gasteiger partial charge on any atom is 0.408 e. The number of amides is 1. The zero-order valence-corrected chi connectivity index (χ0v) is 17.0. The number of carbonyl (C=O) groups is 2. The highest BCUT2D eigenvalue weighted by Gasteiger charge is 2.31. The first-order valence-corrected chi connectivity index (χ1v) is 9.00. The second-order valence-corrected chi connectivity index (χ2v) is 8.85. The summed E-state index contributed by atoms with van der Waals surface area (Å²) < 4.78 is 5.27. The lowest BCUT2D eigenvalue weighted by Gasteiger charge is -2.24. The first-order chi connectivity index (χ1) is 12.3. The number of fused-ring (bicyclic) bond motifs is 1. The summed E-state index contributed by atoms with van der Waals surface area (Å²) in [5, 5.41) is 12.1. The number of aromatic nitrogens is 2. The molecule has 1 amide bonds. The zero-order chi connectivity index (χ0) is 20.6. The van der Waals surface area contributed by atoms with Gasteiger partial charge in [0.25, 0.3) is 0 Å². The number of aliphatic carboxylic acids is 1. The first-order valence-electron chi connectivity index (χ1n) is 9.00. The van der Waals surface area contributed by atoms with Crippen molar-refractivity contribution in [3.05, 3.63) is 29.6 Å². The maximum absolute atomic E-state index is 12.2. The Morgan fingerprint density at radius 3 is 2.33 bits per heavy atom. The van der Waals surface area contributed by atoms with Gasteiger partial charge in [0.1, 0.15) is 17.5 Å². The number of rotatable bonds is 4. The Bertz CT molecular complexity index is 843. The lowest BCUT2D eigenvalue weighted by molar-refractivity contribution is -0.142. The van der Waals surface area contributed by atoms with E-state index in [9.17, 15) is 14.7 Å². The molecule has 0 saturated heterocycles. The third-order valence-electron chi connectivity index (χ3n) is 4.22. The molecule has 7 nitrogen and oxygen atoms in total. The molecule has 148 valence electrons. The molecule has 2 rings (SSSR count). The highest BCUT2D eigenvalue weighted by atomic mass is 16.6. The van der Waals surface area contributed by atoms with Gasteiger partial charge in [0.05, 0.1) is 17.0 Å². The largest absolute Gasteiger partial charge is 0.481 e. The number of benzene rings is 1. The topological polar surface area (TPSA) is 104 Å². The van der Waals surface area contributed by atoms with Crippen molar-refractivity contribution in [3.8, 4) is 0 Å². The summed E-state index contributed by atoms with van der Waals surface area (Å²) in [4.78, 5) is 31.4. The molecule has 1 heterocycles. The van der Waals surface area contributed by atoms with Crippen molar-refractivity contribution < 1.29 is 19.4 Å². The van der Waals surface area contributed by atoms with Crippen LogP contribution in [0.15, 0.2) is 18.2 Å². The van der Waals surface area contributed by atoms with E-state index in [0.717, 1.165) is 16.6 Å². The van der Waals surface area contributed by atoms with E-state index in [2.05, 4.69) is 36.1 Å². The first kappa shape index (κ1) is 20.7. The van der Waals surface area contributed by atoms with Gasteiger partial charge in [0.15, 0.2) is 0 Å². The Labute approximate surface area is 159 Å². The van der Waals surface area contributed by atoms with E-state index < -0.39 is 29.6 Å². The number of nitrogens with one attached hydrogen (secondary N) is 2. The smallest absolute Gasteiger partial charge is 0.408 e. The average Bonchev–Trinajstić information content (AvgIpc) is 2.91. The fraction of sp³-hybridized carbons (Fsp3) is 0.550. The van der Waals surface area contributed by atoms with Crippen molar-refractivity contribution in [1.82, 2.24) is 15.3 Å². The monoisotopic (exact) mass is 375 g/mol. The SMILES string of the molecule is C[C@@H](C(=O)O)[C@H](NC(=O)OC(C)(C)C)c1nc2cc(C(C)(C)C)ccc2[nH]1. The lowest BCUT2D eigenvalue weighted by Crippen LogP contribution is -2.39. The van der Waals surface area contributed by atoms with Crippen molar-refractivity contribution in [3.63, 3.8) is 0 Å². The molecule has 0 bridgehead atoms. The molecule has 2 atom stereocenters. The van der Waals surface area contributed by atoms with Crippen LogP contribution in [-0.2, 0) is 14.9 Å². The number of hydrogen-bond donors (Lipinski definition) is 3. The number of carbonyl (C=O) groups excluding carboxylic acids is 1. The summed E-state index contributed by atoms with van der Waals surface area (Å²) in [5.74, 6) is -1.54. The molecule has 0 fully saturated rings. The van der Waals surface area contributed by atoms with Crippen LogP contribution in [0.25, 0.3) is 11.0 Å². The number of aromatic amines is 1. The second kappa shape index (κ2) is 7.21. The lowest BCUT2D eigenvalue weighted by atomic mass is 9.87. The van der Waals surface area contributed by atoms with E-state index in [-0.39, 0.29) is 5.41 Å². The van der Waals surface area contributed by atoms with Gasteiger partial charge >= 0.3 is 12.1 Å². The number of hydrogen-bond acceptors (Lipinski definition) is 4. The summed E-state index contributed by atoms with van der Waals surface area (Å²) in [7, 11) is 0. The molecule has 1 aromatic heterocycles. The maximum atomic E-state index is 12.2. The third kappa shape index (κ3) is 5.21. The molecule has 0 spiro atoms. The van der Waals surface area contributed by atoms with Gasteiger partial charge in [-0.3, -0.25) is 4.79 Å². The van der Waals surface area contributed by atoms with Crippen LogP contribution in [0.5, 0.6) is 0 Å². The van der Waals surface area contributed by atoms with E-state index in [0.29, 0.717) is 5.82 Å². The zero-order valence-electron chi connectivity index (χ0n) is 17.0. The molecule has 3 N–H and O–H groups in total.